The molecule has 0 amide bonds. The third-order valence-corrected chi connectivity index (χ3v) is 11.8. The zero-order valence-electron chi connectivity index (χ0n) is 24.7. The number of hydrogen-bond acceptors (Lipinski definition) is 2. The number of carbonyl (C=O) groups excluding carboxylic acids is 1. The third kappa shape index (κ3) is 5.78. The molecule has 8 atom stereocenters. The average molecular weight is 499 g/mol. The van der Waals surface area contributed by atoms with Gasteiger partial charge in [-0.25, -0.2) is 0 Å². The molecule has 0 aliphatic heterocycles. The van der Waals surface area contributed by atoms with Crippen molar-refractivity contribution in [3.05, 3.63) is 11.6 Å². The van der Waals surface area contributed by atoms with Gasteiger partial charge in [-0.05, 0) is 97.7 Å². The normalized spacial score (nSPS) is 38.6. The molecular formula is C34H58O2. The van der Waals surface area contributed by atoms with Gasteiger partial charge in [0.15, 0.2) is 0 Å². The monoisotopic (exact) mass is 498 g/mol. The summed E-state index contributed by atoms with van der Waals surface area (Å²) in [6.07, 6.45) is 22.5. The van der Waals surface area contributed by atoms with Crippen LogP contribution in [-0.4, -0.2) is 12.1 Å². The van der Waals surface area contributed by atoms with E-state index in [1.807, 2.05) is 0 Å². The van der Waals surface area contributed by atoms with Gasteiger partial charge in [-0.1, -0.05) is 91.7 Å². The van der Waals surface area contributed by atoms with E-state index in [4.69, 9.17) is 4.74 Å². The maximum atomic E-state index is 12.4. The molecule has 0 saturated heterocycles. The lowest BCUT2D eigenvalue weighted by Crippen LogP contribution is -2.51. The van der Waals surface area contributed by atoms with Gasteiger partial charge in [0.1, 0.15) is 6.10 Å². The van der Waals surface area contributed by atoms with Crippen molar-refractivity contribution in [3.8, 4) is 0 Å². The fourth-order valence-electron chi connectivity index (χ4n) is 9.69. The molecular weight excluding hydrogens is 440 g/mol. The van der Waals surface area contributed by atoms with E-state index in [-0.39, 0.29) is 12.1 Å². The SMILES string of the molecule is CCCCCCC(=O)OC1CCC2(C)C(=CCC3C2CCC2(C)C(C(C)CCCC(C)C)CCC32)C1. The zero-order chi connectivity index (χ0) is 25.9. The van der Waals surface area contributed by atoms with Gasteiger partial charge in [-0.2, -0.15) is 0 Å². The van der Waals surface area contributed by atoms with Crippen LogP contribution < -0.4 is 0 Å². The summed E-state index contributed by atoms with van der Waals surface area (Å²) in [5.74, 6) is 5.34. The Morgan fingerprint density at radius 2 is 1.78 bits per heavy atom. The van der Waals surface area contributed by atoms with E-state index in [0.717, 1.165) is 61.2 Å². The molecule has 4 aliphatic rings. The molecule has 3 saturated carbocycles. The van der Waals surface area contributed by atoms with E-state index in [2.05, 4.69) is 47.6 Å². The minimum Gasteiger partial charge on any atom is -0.462 e. The first-order valence-corrected chi connectivity index (χ1v) is 16.1. The van der Waals surface area contributed by atoms with E-state index >= 15 is 0 Å². The number of hydrogen-bond donors (Lipinski definition) is 0. The van der Waals surface area contributed by atoms with Crippen molar-refractivity contribution in [2.75, 3.05) is 0 Å². The predicted molar refractivity (Wildman–Crippen MR) is 152 cm³/mol. The van der Waals surface area contributed by atoms with E-state index in [1.165, 1.54) is 70.6 Å². The number of fused-ring (bicyclic) bond motifs is 5. The van der Waals surface area contributed by atoms with Crippen LogP contribution in [0.25, 0.3) is 0 Å². The second-order valence-corrected chi connectivity index (χ2v) is 14.5. The van der Waals surface area contributed by atoms with Gasteiger partial charge in [-0.3, -0.25) is 4.79 Å². The smallest absolute Gasteiger partial charge is 0.306 e. The van der Waals surface area contributed by atoms with E-state index in [0.29, 0.717) is 17.3 Å². The topological polar surface area (TPSA) is 26.3 Å². The highest BCUT2D eigenvalue weighted by Gasteiger charge is 2.59. The molecule has 0 aromatic rings. The zero-order valence-corrected chi connectivity index (χ0v) is 24.7. The first kappa shape index (κ1) is 28.2. The maximum Gasteiger partial charge on any atom is 0.306 e. The van der Waals surface area contributed by atoms with Crippen LogP contribution in [0.4, 0.5) is 0 Å². The Morgan fingerprint density at radius 3 is 2.53 bits per heavy atom. The number of esters is 1. The Morgan fingerprint density at radius 1 is 0.972 bits per heavy atom. The quantitative estimate of drug-likeness (QED) is 0.161. The lowest BCUT2D eigenvalue weighted by molar-refractivity contribution is -0.151. The summed E-state index contributed by atoms with van der Waals surface area (Å²) in [5.41, 5.74) is 2.54. The van der Waals surface area contributed by atoms with Crippen molar-refractivity contribution in [3.63, 3.8) is 0 Å². The molecule has 0 radical (unpaired) electrons. The second kappa shape index (κ2) is 11.9. The molecule has 4 rings (SSSR count). The molecule has 206 valence electrons. The van der Waals surface area contributed by atoms with Crippen molar-refractivity contribution in [1.82, 2.24) is 0 Å². The van der Waals surface area contributed by atoms with E-state index < -0.39 is 0 Å². The van der Waals surface area contributed by atoms with Gasteiger partial charge in [0.05, 0.1) is 0 Å². The van der Waals surface area contributed by atoms with Crippen LogP contribution in [0.2, 0.25) is 0 Å². The summed E-state index contributed by atoms with van der Waals surface area (Å²) in [6, 6.07) is 0. The summed E-state index contributed by atoms with van der Waals surface area (Å²) in [7, 11) is 0. The molecule has 0 heterocycles. The van der Waals surface area contributed by atoms with Crippen LogP contribution in [-0.2, 0) is 9.53 Å². The van der Waals surface area contributed by atoms with Crippen LogP contribution in [0.5, 0.6) is 0 Å². The largest absolute Gasteiger partial charge is 0.462 e. The second-order valence-electron chi connectivity index (χ2n) is 14.5. The van der Waals surface area contributed by atoms with Crippen molar-refractivity contribution in [2.24, 2.45) is 46.3 Å². The Kier molecular flexibility index (Phi) is 9.36. The van der Waals surface area contributed by atoms with E-state index in [1.54, 1.807) is 5.57 Å². The fourth-order valence-corrected chi connectivity index (χ4v) is 9.69. The summed E-state index contributed by atoms with van der Waals surface area (Å²) in [4.78, 5) is 12.4. The summed E-state index contributed by atoms with van der Waals surface area (Å²) in [6.45, 7) is 14.8. The minimum absolute atomic E-state index is 0.0435. The molecule has 4 aliphatic carbocycles. The van der Waals surface area contributed by atoms with Gasteiger partial charge in [0.25, 0.3) is 0 Å². The molecule has 0 aromatic heterocycles. The highest BCUT2D eigenvalue weighted by Crippen LogP contribution is 2.67. The van der Waals surface area contributed by atoms with Gasteiger partial charge < -0.3 is 4.74 Å². The number of unbranched alkanes of at least 4 members (excludes halogenated alkanes) is 3. The first-order chi connectivity index (χ1) is 17.2. The maximum absolute atomic E-state index is 12.4. The standard InChI is InChI=1S/C34H58O2/c1-7-8-9-10-14-32(35)36-27-19-21-33(5)26(23-27)15-16-28-30-18-17-29(25(4)13-11-12-24(2)3)34(30,6)22-20-31(28)33/h15,24-25,27-31H,7-14,16-23H2,1-6H3. The van der Waals surface area contributed by atoms with Gasteiger partial charge in [-0.15, -0.1) is 0 Å². The van der Waals surface area contributed by atoms with Crippen LogP contribution in [0.1, 0.15) is 144 Å². The van der Waals surface area contributed by atoms with Gasteiger partial charge in [0, 0.05) is 12.8 Å². The number of rotatable bonds is 11. The highest BCUT2D eigenvalue weighted by molar-refractivity contribution is 5.69. The Labute approximate surface area is 223 Å². The Bertz CT molecular complexity index is 767. The van der Waals surface area contributed by atoms with Crippen molar-refractivity contribution < 1.29 is 9.53 Å². The van der Waals surface area contributed by atoms with Crippen LogP contribution in [0.3, 0.4) is 0 Å². The lowest BCUT2D eigenvalue weighted by Gasteiger charge is -2.58. The summed E-state index contributed by atoms with van der Waals surface area (Å²) >= 11 is 0. The molecule has 2 heteroatoms. The van der Waals surface area contributed by atoms with E-state index in [9.17, 15) is 4.79 Å². The minimum atomic E-state index is 0.0435. The summed E-state index contributed by atoms with van der Waals surface area (Å²) in [5, 5.41) is 0. The Hall–Kier alpha value is -0.790. The lowest BCUT2D eigenvalue weighted by atomic mass is 9.47. The average Bonchev–Trinajstić information content (AvgIpc) is 3.19. The van der Waals surface area contributed by atoms with Gasteiger partial charge >= 0.3 is 5.97 Å². The predicted octanol–water partition coefficient (Wildman–Crippen LogP) is 9.91. The number of carbonyl (C=O) groups is 1. The van der Waals surface area contributed by atoms with Crippen molar-refractivity contribution in [2.45, 2.75) is 150 Å². The number of allylic oxidation sites excluding steroid dienone is 1. The van der Waals surface area contributed by atoms with Crippen LogP contribution >= 0.6 is 0 Å². The van der Waals surface area contributed by atoms with Crippen molar-refractivity contribution >= 4 is 5.97 Å². The molecule has 0 bridgehead atoms. The molecule has 8 unspecified atom stereocenters. The van der Waals surface area contributed by atoms with Crippen molar-refractivity contribution in [1.29, 1.82) is 0 Å². The van der Waals surface area contributed by atoms with Crippen LogP contribution in [0.15, 0.2) is 11.6 Å². The van der Waals surface area contributed by atoms with Crippen LogP contribution in [0, 0.1) is 46.3 Å². The first-order valence-electron chi connectivity index (χ1n) is 16.1. The third-order valence-electron chi connectivity index (χ3n) is 11.8. The molecule has 2 nitrogen and oxygen atoms in total. The number of ether oxygens (including phenoxy) is 1. The summed E-state index contributed by atoms with van der Waals surface area (Å²) < 4.78 is 5.99. The molecule has 3 fully saturated rings. The Balaban J connectivity index is 1.36. The van der Waals surface area contributed by atoms with Gasteiger partial charge in [0.2, 0.25) is 0 Å². The molecule has 0 aromatic carbocycles. The highest BCUT2D eigenvalue weighted by atomic mass is 16.5. The fraction of sp³-hybridized carbons (Fsp3) is 0.912. The molecule has 36 heavy (non-hydrogen) atoms. The molecule has 0 N–H and O–H groups in total. The molecule has 0 spiro atoms.